The van der Waals surface area contributed by atoms with Crippen molar-refractivity contribution in [2.24, 2.45) is 11.8 Å². The van der Waals surface area contributed by atoms with Crippen LogP contribution in [-0.2, 0) is 9.53 Å². The van der Waals surface area contributed by atoms with Gasteiger partial charge in [-0.15, -0.1) is 0 Å². The van der Waals surface area contributed by atoms with Crippen LogP contribution in [0.5, 0.6) is 5.75 Å². The number of anilines is 1. The first-order valence-corrected chi connectivity index (χ1v) is 11.4. The van der Waals surface area contributed by atoms with Crippen molar-refractivity contribution in [2.45, 2.75) is 72.8 Å². The number of fused-ring (bicyclic) bond motifs is 1. The fraction of sp³-hybridized carbons (Fsp3) is 0.577. The number of rotatable bonds is 12. The number of hydrogen-bond acceptors (Lipinski definition) is 3. The van der Waals surface area contributed by atoms with Crippen molar-refractivity contribution in [1.82, 2.24) is 0 Å². The maximum Gasteiger partial charge on any atom is 0.256 e. The van der Waals surface area contributed by atoms with Crippen LogP contribution in [0.15, 0.2) is 36.4 Å². The van der Waals surface area contributed by atoms with E-state index in [4.69, 9.17) is 9.47 Å². The van der Waals surface area contributed by atoms with Crippen LogP contribution < -0.4 is 10.1 Å². The molecule has 0 spiro atoms. The molecule has 4 heteroatoms. The second-order valence-electron chi connectivity index (χ2n) is 8.94. The van der Waals surface area contributed by atoms with E-state index in [2.05, 4.69) is 39.9 Å². The lowest BCUT2D eigenvalue weighted by molar-refractivity contribution is -0.146. The molecule has 0 saturated heterocycles. The van der Waals surface area contributed by atoms with Gasteiger partial charge in [0.15, 0.2) is 0 Å². The third-order valence-electron chi connectivity index (χ3n) is 5.20. The molecule has 0 fully saturated rings. The molecule has 0 aliphatic carbocycles. The van der Waals surface area contributed by atoms with Crippen molar-refractivity contribution in [2.75, 3.05) is 18.5 Å². The highest BCUT2D eigenvalue weighted by atomic mass is 16.5. The Morgan fingerprint density at radius 1 is 0.967 bits per heavy atom. The van der Waals surface area contributed by atoms with Crippen LogP contribution in [0.4, 0.5) is 5.69 Å². The largest absolute Gasteiger partial charge is 0.493 e. The van der Waals surface area contributed by atoms with Crippen LogP contribution in [0, 0.1) is 11.8 Å². The zero-order valence-corrected chi connectivity index (χ0v) is 19.6. The van der Waals surface area contributed by atoms with Gasteiger partial charge >= 0.3 is 0 Å². The van der Waals surface area contributed by atoms with Gasteiger partial charge in [-0.1, -0.05) is 65.3 Å². The molecule has 0 saturated carbocycles. The first kappa shape index (κ1) is 24.2. The van der Waals surface area contributed by atoms with E-state index in [0.29, 0.717) is 37.9 Å². The maximum atomic E-state index is 13.6. The number of hydrogen-bond donors (Lipinski definition) is 1. The van der Waals surface area contributed by atoms with E-state index in [0.717, 1.165) is 35.1 Å². The SMILES string of the molecule is CCCCOc1ccc(NC(=O)C(CC(C)C)(CC(C)C)OCC)c2ccccc12. The molecule has 2 aromatic rings. The van der Waals surface area contributed by atoms with Gasteiger partial charge < -0.3 is 14.8 Å². The fourth-order valence-electron chi connectivity index (χ4n) is 4.12. The van der Waals surface area contributed by atoms with Crippen LogP contribution in [0.25, 0.3) is 10.8 Å². The van der Waals surface area contributed by atoms with E-state index in [1.54, 1.807) is 0 Å². The van der Waals surface area contributed by atoms with Crippen molar-refractivity contribution in [3.8, 4) is 5.75 Å². The molecular formula is C26H39NO3. The predicted octanol–water partition coefficient (Wildman–Crippen LogP) is 6.82. The number of unbranched alkanes of at least 4 members (excludes halogenated alkanes) is 1. The molecule has 0 radical (unpaired) electrons. The van der Waals surface area contributed by atoms with Gasteiger partial charge in [-0.3, -0.25) is 4.79 Å². The van der Waals surface area contributed by atoms with E-state index >= 15 is 0 Å². The lowest BCUT2D eigenvalue weighted by Gasteiger charge is -2.35. The first-order chi connectivity index (χ1) is 14.3. The standard InChI is InChI=1S/C26H39NO3/c1-7-9-16-29-24-15-14-23(21-12-10-11-13-22(21)24)27-25(28)26(30-8-2,17-19(3)4)18-20(5)6/h10-15,19-20H,7-9,16-18H2,1-6H3,(H,27,28). The molecule has 1 N–H and O–H groups in total. The monoisotopic (exact) mass is 413 g/mol. The van der Waals surface area contributed by atoms with Gasteiger partial charge in [-0.05, 0) is 50.2 Å². The Morgan fingerprint density at radius 3 is 2.17 bits per heavy atom. The number of nitrogens with one attached hydrogen (secondary N) is 1. The van der Waals surface area contributed by atoms with Crippen LogP contribution in [-0.4, -0.2) is 24.7 Å². The summed E-state index contributed by atoms with van der Waals surface area (Å²) in [6, 6.07) is 12.0. The zero-order chi connectivity index (χ0) is 22.1. The highest BCUT2D eigenvalue weighted by molar-refractivity contribution is 6.06. The molecule has 0 atom stereocenters. The average molecular weight is 414 g/mol. The summed E-state index contributed by atoms with van der Waals surface area (Å²) in [6.45, 7) is 13.9. The van der Waals surface area contributed by atoms with Gasteiger partial charge in [0, 0.05) is 23.1 Å². The van der Waals surface area contributed by atoms with Gasteiger partial charge in [0.05, 0.1) is 6.61 Å². The number of ether oxygens (including phenoxy) is 2. The highest BCUT2D eigenvalue weighted by Crippen LogP contribution is 2.35. The Hall–Kier alpha value is -2.07. The summed E-state index contributed by atoms with van der Waals surface area (Å²) in [4.78, 5) is 13.6. The van der Waals surface area contributed by atoms with Crippen LogP contribution >= 0.6 is 0 Å². The molecule has 0 bridgehead atoms. The predicted molar refractivity (Wildman–Crippen MR) is 126 cm³/mol. The van der Waals surface area contributed by atoms with E-state index in [-0.39, 0.29) is 5.91 Å². The van der Waals surface area contributed by atoms with Gasteiger partial charge in [-0.25, -0.2) is 0 Å². The van der Waals surface area contributed by atoms with Crippen molar-refractivity contribution in [3.63, 3.8) is 0 Å². The first-order valence-electron chi connectivity index (χ1n) is 11.4. The molecule has 4 nitrogen and oxygen atoms in total. The molecule has 2 aromatic carbocycles. The summed E-state index contributed by atoms with van der Waals surface area (Å²) in [5.41, 5.74) is -0.0240. The second kappa shape index (κ2) is 11.4. The number of carbonyl (C=O) groups excluding carboxylic acids is 1. The van der Waals surface area contributed by atoms with E-state index < -0.39 is 5.60 Å². The Morgan fingerprint density at radius 2 is 1.60 bits per heavy atom. The van der Waals surface area contributed by atoms with Crippen molar-refractivity contribution >= 4 is 22.4 Å². The van der Waals surface area contributed by atoms with Crippen LogP contribution in [0.3, 0.4) is 0 Å². The Kier molecular flexibility index (Phi) is 9.16. The van der Waals surface area contributed by atoms with Crippen molar-refractivity contribution < 1.29 is 14.3 Å². The molecule has 2 rings (SSSR count). The van der Waals surface area contributed by atoms with Crippen LogP contribution in [0.2, 0.25) is 0 Å². The molecule has 0 aliphatic heterocycles. The lowest BCUT2D eigenvalue weighted by Crippen LogP contribution is -2.47. The van der Waals surface area contributed by atoms with Crippen LogP contribution in [0.1, 0.15) is 67.2 Å². The summed E-state index contributed by atoms with van der Waals surface area (Å²) in [7, 11) is 0. The minimum Gasteiger partial charge on any atom is -0.493 e. The van der Waals surface area contributed by atoms with E-state index in [1.165, 1.54) is 0 Å². The molecular weight excluding hydrogens is 374 g/mol. The topological polar surface area (TPSA) is 47.6 Å². The third kappa shape index (κ3) is 6.21. The molecule has 0 heterocycles. The second-order valence-corrected chi connectivity index (χ2v) is 8.94. The summed E-state index contributed by atoms with van der Waals surface area (Å²) < 4.78 is 12.1. The summed E-state index contributed by atoms with van der Waals surface area (Å²) >= 11 is 0. The van der Waals surface area contributed by atoms with E-state index in [1.807, 2.05) is 43.3 Å². The Balaban J connectivity index is 2.38. The van der Waals surface area contributed by atoms with Gasteiger partial charge in [0.25, 0.3) is 5.91 Å². The zero-order valence-electron chi connectivity index (χ0n) is 19.6. The minimum absolute atomic E-state index is 0.0587. The third-order valence-corrected chi connectivity index (χ3v) is 5.20. The summed E-state index contributed by atoms with van der Waals surface area (Å²) in [5, 5.41) is 5.20. The normalized spacial score (nSPS) is 12.0. The van der Waals surface area contributed by atoms with Crippen molar-refractivity contribution in [1.29, 1.82) is 0 Å². The van der Waals surface area contributed by atoms with Gasteiger partial charge in [0.2, 0.25) is 0 Å². The number of benzene rings is 2. The minimum atomic E-state index is -0.825. The lowest BCUT2D eigenvalue weighted by atomic mass is 9.83. The van der Waals surface area contributed by atoms with E-state index in [9.17, 15) is 4.79 Å². The molecule has 1 amide bonds. The van der Waals surface area contributed by atoms with Crippen molar-refractivity contribution in [3.05, 3.63) is 36.4 Å². The Labute approximate surface area is 182 Å². The Bertz CT molecular complexity index is 803. The highest BCUT2D eigenvalue weighted by Gasteiger charge is 2.40. The summed E-state index contributed by atoms with van der Waals surface area (Å²) in [6.07, 6.45) is 3.51. The molecule has 166 valence electrons. The molecule has 0 aliphatic rings. The average Bonchev–Trinajstić information content (AvgIpc) is 2.68. The van der Waals surface area contributed by atoms with Gasteiger partial charge in [0.1, 0.15) is 11.4 Å². The summed E-state index contributed by atoms with van der Waals surface area (Å²) in [5.74, 6) is 1.51. The molecule has 30 heavy (non-hydrogen) atoms. The maximum absolute atomic E-state index is 13.6. The van der Waals surface area contributed by atoms with Gasteiger partial charge in [-0.2, -0.15) is 0 Å². The molecule has 0 aromatic heterocycles. The quantitative estimate of drug-likeness (QED) is 0.388. The smallest absolute Gasteiger partial charge is 0.256 e. The number of carbonyl (C=O) groups is 1. The molecule has 0 unspecified atom stereocenters. The fourth-order valence-corrected chi connectivity index (χ4v) is 4.12. The number of amides is 1.